The summed E-state index contributed by atoms with van der Waals surface area (Å²) in [6, 6.07) is 6.23. The third-order valence-corrected chi connectivity index (χ3v) is 1.68. The van der Waals surface area contributed by atoms with Gasteiger partial charge in [0, 0.05) is 18.7 Å². The summed E-state index contributed by atoms with van der Waals surface area (Å²) >= 11 is 0. The molecule has 0 aliphatic heterocycles. The number of rotatable bonds is 5. The molecule has 0 unspecified atom stereocenters. The summed E-state index contributed by atoms with van der Waals surface area (Å²) < 4.78 is 0. The maximum absolute atomic E-state index is 10.3. The highest BCUT2D eigenvalue weighted by Crippen LogP contribution is 2.11. The van der Waals surface area contributed by atoms with Crippen molar-refractivity contribution in [2.45, 2.75) is 6.54 Å². The van der Waals surface area contributed by atoms with E-state index >= 15 is 0 Å². The highest BCUT2D eigenvalue weighted by molar-refractivity contribution is 5.32. The molecule has 0 bridgehead atoms. The van der Waals surface area contributed by atoms with E-state index in [4.69, 9.17) is 5.21 Å². The van der Waals surface area contributed by atoms with Crippen molar-refractivity contribution >= 4 is 5.69 Å². The Morgan fingerprint density at radius 2 is 2.00 bits per heavy atom. The van der Waals surface area contributed by atoms with E-state index in [1.165, 1.54) is 12.1 Å². The molecule has 14 heavy (non-hydrogen) atoms. The van der Waals surface area contributed by atoms with E-state index in [-0.39, 0.29) is 12.4 Å². The Labute approximate surface area is 80.7 Å². The smallest absolute Gasteiger partial charge is 0.269 e. The fraction of sp³-hybridized carbons (Fsp3) is 0.250. The molecule has 0 aliphatic rings. The van der Waals surface area contributed by atoms with Crippen LogP contribution in [0, 0.1) is 10.1 Å². The van der Waals surface area contributed by atoms with Gasteiger partial charge in [0.25, 0.3) is 5.69 Å². The van der Waals surface area contributed by atoms with Gasteiger partial charge in [0.2, 0.25) is 0 Å². The third-order valence-electron chi connectivity index (χ3n) is 1.68. The van der Waals surface area contributed by atoms with E-state index in [1.54, 1.807) is 12.1 Å². The number of hydrogen-bond acceptors (Lipinski definition) is 5. The van der Waals surface area contributed by atoms with Crippen molar-refractivity contribution in [3.8, 4) is 0 Å². The Kier molecular flexibility index (Phi) is 3.99. The van der Waals surface area contributed by atoms with Crippen LogP contribution in [0.4, 0.5) is 5.69 Å². The zero-order valence-electron chi connectivity index (χ0n) is 7.43. The topological polar surface area (TPSA) is 87.4 Å². The summed E-state index contributed by atoms with van der Waals surface area (Å²) in [7, 11) is 0. The summed E-state index contributed by atoms with van der Waals surface area (Å²) in [5, 5.41) is 21.4. The molecule has 0 aromatic heterocycles. The minimum Gasteiger partial charge on any atom is -0.316 e. The van der Waals surface area contributed by atoms with Gasteiger partial charge in [-0.2, -0.15) is 5.48 Å². The SMILES string of the molecule is O=[N+]([O-])c1ccc(CNCNO)cc1. The number of nitro groups is 1. The first-order valence-corrected chi connectivity index (χ1v) is 4.05. The molecule has 0 amide bonds. The van der Waals surface area contributed by atoms with Crippen molar-refractivity contribution in [1.82, 2.24) is 10.8 Å². The van der Waals surface area contributed by atoms with Crippen LogP contribution in [0.1, 0.15) is 5.56 Å². The van der Waals surface area contributed by atoms with Gasteiger partial charge in [-0.3, -0.25) is 15.4 Å². The lowest BCUT2D eigenvalue weighted by molar-refractivity contribution is -0.384. The Bertz CT molecular complexity index is 299. The molecule has 0 heterocycles. The lowest BCUT2D eigenvalue weighted by Crippen LogP contribution is -2.25. The highest BCUT2D eigenvalue weighted by atomic mass is 16.6. The van der Waals surface area contributed by atoms with Crippen LogP contribution in [0.3, 0.4) is 0 Å². The summed E-state index contributed by atoms with van der Waals surface area (Å²) in [6.45, 7) is 0.822. The van der Waals surface area contributed by atoms with Gasteiger partial charge in [-0.25, -0.2) is 0 Å². The van der Waals surface area contributed by atoms with Gasteiger partial charge in [-0.05, 0) is 5.56 Å². The first-order valence-electron chi connectivity index (χ1n) is 4.05. The Hall–Kier alpha value is -1.50. The normalized spacial score (nSPS) is 10.1. The average Bonchev–Trinajstić information content (AvgIpc) is 2.19. The van der Waals surface area contributed by atoms with Crippen molar-refractivity contribution in [3.05, 3.63) is 39.9 Å². The molecule has 0 spiro atoms. The largest absolute Gasteiger partial charge is 0.316 e. The summed E-state index contributed by atoms with van der Waals surface area (Å²) in [5.74, 6) is 0. The maximum atomic E-state index is 10.3. The summed E-state index contributed by atoms with van der Waals surface area (Å²) in [4.78, 5) is 9.88. The lowest BCUT2D eigenvalue weighted by Gasteiger charge is -2.02. The molecule has 76 valence electrons. The van der Waals surface area contributed by atoms with Crippen LogP contribution in [0.25, 0.3) is 0 Å². The van der Waals surface area contributed by atoms with E-state index in [0.717, 1.165) is 5.56 Å². The zero-order chi connectivity index (χ0) is 10.4. The van der Waals surface area contributed by atoms with Crippen LogP contribution < -0.4 is 10.8 Å². The van der Waals surface area contributed by atoms with Crippen molar-refractivity contribution in [1.29, 1.82) is 0 Å². The van der Waals surface area contributed by atoms with Crippen molar-refractivity contribution in [2.75, 3.05) is 6.67 Å². The Morgan fingerprint density at radius 1 is 1.36 bits per heavy atom. The van der Waals surface area contributed by atoms with Gasteiger partial charge in [0.15, 0.2) is 0 Å². The van der Waals surface area contributed by atoms with Gasteiger partial charge in [0.05, 0.1) is 11.6 Å². The van der Waals surface area contributed by atoms with E-state index in [2.05, 4.69) is 5.32 Å². The number of hydroxylamine groups is 1. The molecule has 0 saturated carbocycles. The number of hydrogen-bond donors (Lipinski definition) is 3. The predicted octanol–water partition coefficient (Wildman–Crippen LogP) is 0.621. The fourth-order valence-corrected chi connectivity index (χ4v) is 0.998. The minimum absolute atomic E-state index is 0.0778. The van der Waals surface area contributed by atoms with Gasteiger partial charge in [0.1, 0.15) is 0 Å². The highest BCUT2D eigenvalue weighted by Gasteiger charge is 2.02. The predicted molar refractivity (Wildman–Crippen MR) is 49.7 cm³/mol. The maximum Gasteiger partial charge on any atom is 0.269 e. The van der Waals surface area contributed by atoms with E-state index in [0.29, 0.717) is 6.54 Å². The van der Waals surface area contributed by atoms with Crippen LogP contribution in [0.5, 0.6) is 0 Å². The van der Waals surface area contributed by atoms with Crippen LogP contribution in [0.2, 0.25) is 0 Å². The van der Waals surface area contributed by atoms with E-state index in [1.807, 2.05) is 5.48 Å². The molecule has 0 fully saturated rings. The zero-order valence-corrected chi connectivity index (χ0v) is 7.43. The lowest BCUT2D eigenvalue weighted by atomic mass is 10.2. The third kappa shape index (κ3) is 3.09. The average molecular weight is 197 g/mol. The molecule has 6 heteroatoms. The molecule has 3 N–H and O–H groups in total. The van der Waals surface area contributed by atoms with Crippen LogP contribution in [-0.4, -0.2) is 16.8 Å². The number of non-ortho nitro benzene ring substituents is 1. The first kappa shape index (κ1) is 10.6. The molecule has 1 aromatic carbocycles. The molecule has 1 aromatic rings. The molecule has 6 nitrogen and oxygen atoms in total. The molecular formula is C8H11N3O3. The molecule has 0 atom stereocenters. The minimum atomic E-state index is -0.438. The second-order valence-corrected chi connectivity index (χ2v) is 2.69. The molecule has 0 saturated heterocycles. The fourth-order valence-electron chi connectivity index (χ4n) is 0.998. The molecule has 0 radical (unpaired) electrons. The van der Waals surface area contributed by atoms with Crippen molar-refractivity contribution in [3.63, 3.8) is 0 Å². The van der Waals surface area contributed by atoms with Crippen LogP contribution >= 0.6 is 0 Å². The molecular weight excluding hydrogens is 186 g/mol. The van der Waals surface area contributed by atoms with E-state index in [9.17, 15) is 10.1 Å². The Balaban J connectivity index is 2.51. The van der Waals surface area contributed by atoms with Crippen LogP contribution in [0.15, 0.2) is 24.3 Å². The Morgan fingerprint density at radius 3 is 2.50 bits per heavy atom. The monoisotopic (exact) mass is 197 g/mol. The van der Waals surface area contributed by atoms with Gasteiger partial charge in [-0.1, -0.05) is 12.1 Å². The number of nitrogens with one attached hydrogen (secondary N) is 2. The summed E-state index contributed by atoms with van der Waals surface area (Å²) in [5.41, 5.74) is 2.95. The second kappa shape index (κ2) is 5.28. The quantitative estimate of drug-likeness (QED) is 0.279. The van der Waals surface area contributed by atoms with E-state index < -0.39 is 4.92 Å². The molecule has 0 aliphatic carbocycles. The van der Waals surface area contributed by atoms with Crippen molar-refractivity contribution < 1.29 is 10.1 Å². The number of nitro benzene ring substituents is 1. The first-order chi connectivity index (χ1) is 6.74. The van der Waals surface area contributed by atoms with Crippen molar-refractivity contribution in [2.24, 2.45) is 0 Å². The van der Waals surface area contributed by atoms with Crippen LogP contribution in [-0.2, 0) is 6.54 Å². The van der Waals surface area contributed by atoms with Gasteiger partial charge >= 0.3 is 0 Å². The second-order valence-electron chi connectivity index (χ2n) is 2.69. The molecule has 1 rings (SSSR count). The van der Waals surface area contributed by atoms with Gasteiger partial charge < -0.3 is 5.21 Å². The summed E-state index contributed by atoms with van der Waals surface area (Å²) in [6.07, 6.45) is 0. The number of benzene rings is 1. The number of nitrogens with zero attached hydrogens (tertiary/aromatic N) is 1. The standard InChI is InChI=1S/C8H11N3O3/c12-10-6-9-5-7-1-3-8(4-2-7)11(13)14/h1-4,9-10,12H,5-6H2. The van der Waals surface area contributed by atoms with Gasteiger partial charge in [-0.15, -0.1) is 0 Å².